The van der Waals surface area contributed by atoms with Crippen molar-refractivity contribution in [3.8, 4) is 22.3 Å². The molecule has 0 heterocycles. The molecule has 5 rings (SSSR count). The lowest BCUT2D eigenvalue weighted by Gasteiger charge is -2.09. The Hall–Kier alpha value is -4.75. The molecule has 0 fully saturated rings. The van der Waals surface area contributed by atoms with Crippen molar-refractivity contribution in [2.24, 2.45) is 4.99 Å². The molecule has 0 radical (unpaired) electrons. The maximum absolute atomic E-state index is 5.08. The van der Waals surface area contributed by atoms with Crippen molar-refractivity contribution in [3.63, 3.8) is 0 Å². The molecule has 0 amide bonds. The Morgan fingerprint density at radius 2 is 0.974 bits per heavy atom. The minimum absolute atomic E-state index is 0.892. The summed E-state index contributed by atoms with van der Waals surface area (Å²) in [5, 5.41) is 0. The Morgan fingerprint density at radius 1 is 0.526 bits per heavy atom. The zero-order chi connectivity index (χ0) is 26.3. The Morgan fingerprint density at radius 3 is 1.53 bits per heavy atom. The van der Waals surface area contributed by atoms with Crippen LogP contribution in [0.4, 0.5) is 0 Å². The van der Waals surface area contributed by atoms with Gasteiger partial charge in [0.15, 0.2) is 0 Å². The summed E-state index contributed by atoms with van der Waals surface area (Å²) in [5.74, 6) is 0. The average Bonchev–Trinajstić information content (AvgIpc) is 2.98. The van der Waals surface area contributed by atoms with Gasteiger partial charge in [-0.05, 0) is 58.9 Å². The molecule has 184 valence electrons. The van der Waals surface area contributed by atoms with Gasteiger partial charge in [-0.25, -0.2) is 0 Å². The highest BCUT2D eigenvalue weighted by Gasteiger charge is 2.07. The van der Waals surface area contributed by atoms with Gasteiger partial charge in [-0.3, -0.25) is 4.99 Å². The summed E-state index contributed by atoms with van der Waals surface area (Å²) in [7, 11) is 0. The number of nitrogens with zero attached hydrogens (tertiary/aromatic N) is 1. The quantitative estimate of drug-likeness (QED) is 0.159. The highest BCUT2D eigenvalue weighted by Crippen LogP contribution is 2.27. The number of hydrogen-bond donors (Lipinski definition) is 0. The smallest absolute Gasteiger partial charge is 0.0711 e. The van der Waals surface area contributed by atoms with Crippen LogP contribution in [0.15, 0.2) is 151 Å². The van der Waals surface area contributed by atoms with Crippen LogP contribution in [0.5, 0.6) is 0 Å². The van der Waals surface area contributed by atoms with E-state index in [1.807, 2.05) is 24.3 Å². The zero-order valence-electron chi connectivity index (χ0n) is 21.9. The standard InChI is InChI=1S/C37H31N/c1-27-14-16-33(17-15-27)35-24-20-31(21-25-35)29(3)38-37(36-12-8-5-9-13-36)26-28(2)30-18-22-34(23-19-30)32-10-6-4-7-11-32/h4-26H,2H2,1,3H3/b37-26-,38-29+. The van der Waals surface area contributed by atoms with Crippen LogP contribution in [-0.4, -0.2) is 5.71 Å². The van der Waals surface area contributed by atoms with Crippen LogP contribution in [0.2, 0.25) is 0 Å². The Kier molecular flexibility index (Phi) is 7.57. The first-order chi connectivity index (χ1) is 18.6. The van der Waals surface area contributed by atoms with Crippen molar-refractivity contribution >= 4 is 17.0 Å². The van der Waals surface area contributed by atoms with Crippen molar-refractivity contribution in [2.75, 3.05) is 0 Å². The molecule has 0 saturated heterocycles. The molecule has 0 aromatic heterocycles. The summed E-state index contributed by atoms with van der Waals surface area (Å²) in [4.78, 5) is 5.08. The van der Waals surface area contributed by atoms with Gasteiger partial charge in [0.25, 0.3) is 0 Å². The molecule has 38 heavy (non-hydrogen) atoms. The Labute approximate surface area is 226 Å². The first kappa shape index (κ1) is 24.9. The van der Waals surface area contributed by atoms with Gasteiger partial charge < -0.3 is 0 Å². The Bertz CT molecular complexity index is 1570. The monoisotopic (exact) mass is 489 g/mol. The molecule has 0 spiro atoms. The summed E-state index contributed by atoms with van der Waals surface area (Å²) in [6.45, 7) is 8.55. The molecule has 5 aromatic carbocycles. The summed E-state index contributed by atoms with van der Waals surface area (Å²) in [6.07, 6.45) is 2.08. The van der Waals surface area contributed by atoms with Crippen LogP contribution in [0.25, 0.3) is 33.5 Å². The highest BCUT2D eigenvalue weighted by atomic mass is 14.8. The number of aryl methyl sites for hydroxylation is 1. The fourth-order valence-corrected chi connectivity index (χ4v) is 4.44. The fourth-order valence-electron chi connectivity index (χ4n) is 4.44. The fraction of sp³-hybridized carbons (Fsp3) is 0.0541. The zero-order valence-corrected chi connectivity index (χ0v) is 21.9. The van der Waals surface area contributed by atoms with Gasteiger partial charge in [-0.15, -0.1) is 0 Å². The van der Waals surface area contributed by atoms with E-state index in [4.69, 9.17) is 4.99 Å². The molecular weight excluding hydrogens is 458 g/mol. The molecule has 0 atom stereocenters. The minimum atomic E-state index is 0.892. The molecule has 1 nitrogen and oxygen atoms in total. The van der Waals surface area contributed by atoms with E-state index in [1.165, 1.54) is 27.8 Å². The molecule has 5 aromatic rings. The summed E-state index contributed by atoms with van der Waals surface area (Å²) >= 11 is 0. The SMILES string of the molecule is C=C(/C=C(\N=C(/C)c1ccc(-c2ccc(C)cc2)cc1)c1ccccc1)c1ccc(-c2ccccc2)cc1. The van der Waals surface area contributed by atoms with Crippen molar-refractivity contribution < 1.29 is 0 Å². The first-order valence-corrected chi connectivity index (χ1v) is 12.9. The largest absolute Gasteiger partial charge is 0.252 e. The van der Waals surface area contributed by atoms with E-state index in [0.717, 1.165) is 33.7 Å². The second-order valence-electron chi connectivity index (χ2n) is 9.50. The second-order valence-corrected chi connectivity index (χ2v) is 9.50. The van der Waals surface area contributed by atoms with Gasteiger partial charge in [-0.2, -0.15) is 0 Å². The van der Waals surface area contributed by atoms with Crippen LogP contribution in [-0.2, 0) is 0 Å². The van der Waals surface area contributed by atoms with E-state index < -0.39 is 0 Å². The third-order valence-corrected chi connectivity index (χ3v) is 6.72. The van der Waals surface area contributed by atoms with Crippen LogP contribution in [0, 0.1) is 6.92 Å². The number of aliphatic imine (C=N–C) groups is 1. The molecule has 0 saturated carbocycles. The number of rotatable bonds is 7. The predicted octanol–water partition coefficient (Wildman–Crippen LogP) is 9.89. The lowest BCUT2D eigenvalue weighted by atomic mass is 9.99. The first-order valence-electron chi connectivity index (χ1n) is 12.9. The van der Waals surface area contributed by atoms with E-state index >= 15 is 0 Å². The van der Waals surface area contributed by atoms with Gasteiger partial charge in [0.05, 0.1) is 5.70 Å². The maximum Gasteiger partial charge on any atom is 0.0711 e. The number of hydrogen-bond acceptors (Lipinski definition) is 1. The third-order valence-electron chi connectivity index (χ3n) is 6.72. The summed E-state index contributed by atoms with van der Waals surface area (Å²) in [6, 6.07) is 46.5. The van der Waals surface area contributed by atoms with Crippen molar-refractivity contribution in [2.45, 2.75) is 13.8 Å². The van der Waals surface area contributed by atoms with E-state index in [-0.39, 0.29) is 0 Å². The molecule has 0 bridgehead atoms. The molecule has 0 unspecified atom stereocenters. The van der Waals surface area contributed by atoms with Crippen LogP contribution < -0.4 is 0 Å². The van der Waals surface area contributed by atoms with E-state index in [9.17, 15) is 0 Å². The maximum atomic E-state index is 5.08. The summed E-state index contributed by atoms with van der Waals surface area (Å²) in [5.41, 5.74) is 12.1. The van der Waals surface area contributed by atoms with Crippen LogP contribution in [0.3, 0.4) is 0 Å². The molecule has 0 N–H and O–H groups in total. The van der Waals surface area contributed by atoms with Crippen molar-refractivity contribution in [1.29, 1.82) is 0 Å². The predicted molar refractivity (Wildman–Crippen MR) is 164 cm³/mol. The molecule has 1 heteroatoms. The van der Waals surface area contributed by atoms with E-state index in [0.29, 0.717) is 0 Å². The number of allylic oxidation sites excluding steroid dienone is 2. The lowest BCUT2D eigenvalue weighted by molar-refractivity contribution is 1.46. The topological polar surface area (TPSA) is 12.4 Å². The highest BCUT2D eigenvalue weighted by molar-refractivity contribution is 6.02. The van der Waals surface area contributed by atoms with E-state index in [2.05, 4.69) is 136 Å². The lowest BCUT2D eigenvalue weighted by Crippen LogP contribution is -1.96. The van der Waals surface area contributed by atoms with Gasteiger partial charge in [-0.1, -0.05) is 146 Å². The Balaban J connectivity index is 1.43. The van der Waals surface area contributed by atoms with Gasteiger partial charge in [0.2, 0.25) is 0 Å². The third kappa shape index (κ3) is 5.96. The van der Waals surface area contributed by atoms with E-state index in [1.54, 1.807) is 0 Å². The molecular formula is C37H31N. The van der Waals surface area contributed by atoms with Gasteiger partial charge in [0, 0.05) is 11.3 Å². The summed E-state index contributed by atoms with van der Waals surface area (Å²) < 4.78 is 0. The van der Waals surface area contributed by atoms with Crippen molar-refractivity contribution in [3.05, 3.63) is 168 Å². The normalized spacial score (nSPS) is 11.8. The minimum Gasteiger partial charge on any atom is -0.252 e. The molecule has 0 aliphatic heterocycles. The second kappa shape index (κ2) is 11.5. The molecule has 0 aliphatic rings. The molecule has 0 aliphatic carbocycles. The number of benzene rings is 5. The van der Waals surface area contributed by atoms with Crippen molar-refractivity contribution in [1.82, 2.24) is 0 Å². The average molecular weight is 490 g/mol. The van der Waals surface area contributed by atoms with Gasteiger partial charge >= 0.3 is 0 Å². The van der Waals surface area contributed by atoms with Crippen LogP contribution >= 0.6 is 0 Å². The van der Waals surface area contributed by atoms with Crippen LogP contribution in [0.1, 0.15) is 29.2 Å². The van der Waals surface area contributed by atoms with Gasteiger partial charge in [0.1, 0.15) is 0 Å².